The molecule has 0 saturated heterocycles. The smallest absolute Gasteiger partial charge is 0.305 e. The van der Waals surface area contributed by atoms with Gasteiger partial charge in [-0.15, -0.1) is 0 Å². The van der Waals surface area contributed by atoms with E-state index >= 15 is 0 Å². The first-order valence-corrected chi connectivity index (χ1v) is 10.4. The van der Waals surface area contributed by atoms with Crippen LogP contribution in [0.3, 0.4) is 0 Å². The first-order valence-electron chi connectivity index (χ1n) is 9.57. The molecule has 0 saturated carbocycles. The van der Waals surface area contributed by atoms with Crippen molar-refractivity contribution in [3.8, 4) is 0 Å². The van der Waals surface area contributed by atoms with Gasteiger partial charge in [0.05, 0.1) is 31.5 Å². The molecule has 0 aliphatic heterocycles. The Bertz CT molecular complexity index is 1000. The van der Waals surface area contributed by atoms with Crippen molar-refractivity contribution >= 4 is 17.7 Å². The molecule has 0 radical (unpaired) electrons. The second-order valence-corrected chi connectivity index (χ2v) is 8.13. The lowest BCUT2D eigenvalue weighted by Crippen LogP contribution is -2.10. The van der Waals surface area contributed by atoms with Gasteiger partial charge < -0.3 is 9.30 Å². The number of aromatic nitrogens is 3. The maximum absolute atomic E-state index is 13.8. The van der Waals surface area contributed by atoms with E-state index in [0.717, 1.165) is 22.5 Å². The van der Waals surface area contributed by atoms with Gasteiger partial charge in [-0.05, 0) is 30.2 Å². The van der Waals surface area contributed by atoms with Crippen LogP contribution in [0.25, 0.3) is 0 Å². The molecule has 0 bridgehead atoms. The number of carbonyl (C=O) groups is 1. The Morgan fingerprint density at radius 1 is 1.20 bits per heavy atom. The molecule has 0 spiro atoms. The van der Waals surface area contributed by atoms with Crippen molar-refractivity contribution in [3.05, 3.63) is 71.4 Å². The third-order valence-corrected chi connectivity index (χ3v) is 5.54. The summed E-state index contributed by atoms with van der Waals surface area (Å²) < 4.78 is 34.2. The van der Waals surface area contributed by atoms with Gasteiger partial charge in [0.15, 0.2) is 0 Å². The van der Waals surface area contributed by atoms with Crippen molar-refractivity contribution in [1.29, 1.82) is 0 Å². The fourth-order valence-electron chi connectivity index (χ4n) is 3.01. The van der Waals surface area contributed by atoms with Crippen molar-refractivity contribution in [3.63, 3.8) is 0 Å². The van der Waals surface area contributed by atoms with Crippen LogP contribution in [0.2, 0.25) is 0 Å². The van der Waals surface area contributed by atoms with Crippen molar-refractivity contribution < 1.29 is 18.3 Å². The van der Waals surface area contributed by atoms with E-state index in [1.165, 1.54) is 31.0 Å². The summed E-state index contributed by atoms with van der Waals surface area (Å²) in [6.45, 7) is 4.44. The lowest BCUT2D eigenvalue weighted by molar-refractivity contribution is -0.140. The van der Waals surface area contributed by atoms with Crippen LogP contribution in [0.4, 0.5) is 8.78 Å². The van der Waals surface area contributed by atoms with E-state index in [0.29, 0.717) is 23.7 Å². The Balaban J connectivity index is 2.06. The predicted octanol–water partition coefficient (Wildman–Crippen LogP) is 4.98. The van der Waals surface area contributed by atoms with Crippen molar-refractivity contribution in [2.24, 2.45) is 0 Å². The first-order chi connectivity index (χ1) is 14.4. The largest absolute Gasteiger partial charge is 0.469 e. The van der Waals surface area contributed by atoms with E-state index in [-0.39, 0.29) is 18.3 Å². The van der Waals surface area contributed by atoms with Gasteiger partial charge in [0.1, 0.15) is 22.5 Å². The third kappa shape index (κ3) is 5.44. The molecule has 8 heteroatoms. The zero-order valence-corrected chi connectivity index (χ0v) is 17.9. The molecule has 0 amide bonds. The molecule has 0 aliphatic rings. The number of methoxy groups -OCH3 is 1. The van der Waals surface area contributed by atoms with E-state index in [9.17, 15) is 13.6 Å². The maximum atomic E-state index is 13.8. The molecule has 5 nitrogen and oxygen atoms in total. The standard InChI is InChI=1S/C22H23F2N3O2S/c1-14(2)21-22(30-18-11-15(23)10-16(24)12-18)27(13-17-6-4-5-9-25-17)19(26-21)7-8-20(28)29-3/h4-6,9-12,14H,7-8,13H2,1-3H3. The predicted molar refractivity (Wildman–Crippen MR) is 110 cm³/mol. The summed E-state index contributed by atoms with van der Waals surface area (Å²) in [4.78, 5) is 21.3. The Hall–Kier alpha value is -2.74. The van der Waals surface area contributed by atoms with E-state index in [1.54, 1.807) is 6.20 Å². The number of halogens is 2. The topological polar surface area (TPSA) is 57.0 Å². The highest BCUT2D eigenvalue weighted by Gasteiger charge is 2.22. The molecule has 3 rings (SSSR count). The number of ether oxygens (including phenoxy) is 1. The molecular weight excluding hydrogens is 408 g/mol. The quantitative estimate of drug-likeness (QED) is 0.471. The molecule has 0 N–H and O–H groups in total. The summed E-state index contributed by atoms with van der Waals surface area (Å²) in [6.07, 6.45) is 2.28. The van der Waals surface area contributed by atoms with Crippen molar-refractivity contribution in [2.75, 3.05) is 7.11 Å². The number of nitrogens with zero attached hydrogens (tertiary/aromatic N) is 3. The minimum absolute atomic E-state index is 0.0766. The van der Waals surface area contributed by atoms with Crippen LogP contribution < -0.4 is 0 Å². The molecule has 0 aliphatic carbocycles. The maximum Gasteiger partial charge on any atom is 0.305 e. The number of hydrogen-bond donors (Lipinski definition) is 0. The van der Waals surface area contributed by atoms with E-state index < -0.39 is 11.6 Å². The van der Waals surface area contributed by atoms with Gasteiger partial charge in [-0.3, -0.25) is 9.78 Å². The number of esters is 1. The normalized spacial score (nSPS) is 11.1. The average molecular weight is 432 g/mol. The molecule has 2 aromatic heterocycles. The van der Waals surface area contributed by atoms with Crippen molar-refractivity contribution in [2.45, 2.75) is 49.1 Å². The van der Waals surface area contributed by atoms with Gasteiger partial charge in [-0.25, -0.2) is 13.8 Å². The van der Waals surface area contributed by atoms with Gasteiger partial charge in [-0.2, -0.15) is 0 Å². The first kappa shape index (κ1) is 22.0. The van der Waals surface area contributed by atoms with Crippen molar-refractivity contribution in [1.82, 2.24) is 14.5 Å². The second-order valence-electron chi connectivity index (χ2n) is 7.06. The van der Waals surface area contributed by atoms with Crippen LogP contribution in [0, 0.1) is 11.6 Å². The molecule has 30 heavy (non-hydrogen) atoms. The number of carbonyl (C=O) groups excluding carboxylic acids is 1. The molecule has 0 unspecified atom stereocenters. The van der Waals surface area contributed by atoms with Gasteiger partial charge in [0, 0.05) is 23.6 Å². The number of rotatable bonds is 8. The highest BCUT2D eigenvalue weighted by atomic mass is 32.2. The van der Waals surface area contributed by atoms with E-state index in [1.807, 2.05) is 36.6 Å². The minimum atomic E-state index is -0.634. The van der Waals surface area contributed by atoms with E-state index in [2.05, 4.69) is 4.98 Å². The van der Waals surface area contributed by atoms with Crippen LogP contribution >= 0.6 is 11.8 Å². The molecular formula is C22H23F2N3O2S. The highest BCUT2D eigenvalue weighted by Crippen LogP contribution is 2.36. The third-order valence-electron chi connectivity index (χ3n) is 4.45. The average Bonchev–Trinajstić information content (AvgIpc) is 3.03. The SMILES string of the molecule is COC(=O)CCc1nc(C(C)C)c(Sc2cc(F)cc(F)c2)n1Cc1ccccn1. The van der Waals surface area contributed by atoms with Gasteiger partial charge in [0.2, 0.25) is 0 Å². The number of aryl methyl sites for hydroxylation is 1. The van der Waals surface area contributed by atoms with Crippen LogP contribution in [0.1, 0.15) is 43.4 Å². The molecule has 0 atom stereocenters. The van der Waals surface area contributed by atoms with Gasteiger partial charge >= 0.3 is 5.97 Å². The second kappa shape index (κ2) is 9.84. The number of benzene rings is 1. The summed E-state index contributed by atoms with van der Waals surface area (Å²) in [7, 11) is 1.35. The van der Waals surface area contributed by atoms with Crippen LogP contribution in [0.15, 0.2) is 52.5 Å². The number of imidazole rings is 1. The van der Waals surface area contributed by atoms with Gasteiger partial charge in [-0.1, -0.05) is 31.7 Å². The number of pyridine rings is 1. The highest BCUT2D eigenvalue weighted by molar-refractivity contribution is 7.99. The summed E-state index contributed by atoms with van der Waals surface area (Å²) in [5.41, 5.74) is 1.62. The zero-order chi connectivity index (χ0) is 21.7. The minimum Gasteiger partial charge on any atom is -0.469 e. The molecule has 0 fully saturated rings. The van der Waals surface area contributed by atoms with Gasteiger partial charge in [0.25, 0.3) is 0 Å². The van der Waals surface area contributed by atoms with Crippen LogP contribution in [-0.4, -0.2) is 27.6 Å². The monoisotopic (exact) mass is 431 g/mol. The Morgan fingerprint density at radius 3 is 2.53 bits per heavy atom. The Labute approximate surface area is 178 Å². The summed E-state index contributed by atoms with van der Waals surface area (Å²) in [5, 5.41) is 0.778. The molecule has 1 aromatic carbocycles. The molecule has 2 heterocycles. The van der Waals surface area contributed by atoms with Crippen LogP contribution in [0.5, 0.6) is 0 Å². The summed E-state index contributed by atoms with van der Waals surface area (Å²) in [5.74, 6) is -0.813. The fourth-order valence-corrected chi connectivity index (χ4v) is 4.24. The summed E-state index contributed by atoms with van der Waals surface area (Å²) >= 11 is 1.25. The zero-order valence-electron chi connectivity index (χ0n) is 17.1. The fraction of sp³-hybridized carbons (Fsp3) is 0.318. The lowest BCUT2D eigenvalue weighted by atomic mass is 10.1. The lowest BCUT2D eigenvalue weighted by Gasteiger charge is -2.13. The van der Waals surface area contributed by atoms with Crippen LogP contribution in [-0.2, 0) is 22.5 Å². The van der Waals surface area contributed by atoms with E-state index in [4.69, 9.17) is 9.72 Å². The Kier molecular flexibility index (Phi) is 7.20. The molecule has 158 valence electrons. The Morgan fingerprint density at radius 2 is 1.93 bits per heavy atom. The molecule has 3 aromatic rings. The number of hydrogen-bond acceptors (Lipinski definition) is 5. The summed E-state index contributed by atoms with van der Waals surface area (Å²) in [6, 6.07) is 9.07.